The molecule has 1 aromatic rings. The van der Waals surface area contributed by atoms with Gasteiger partial charge in [0.25, 0.3) is 0 Å². The second-order valence-electron chi connectivity index (χ2n) is 6.68. The van der Waals surface area contributed by atoms with Crippen LogP contribution in [0.15, 0.2) is 18.2 Å². The zero-order valence-corrected chi connectivity index (χ0v) is 15.4. The SMILES string of the molecule is CCCCCCCCCCOCCCCCc1cccc(O)c1O. The third-order valence-corrected chi connectivity index (χ3v) is 4.48. The minimum absolute atomic E-state index is 0.0267. The molecule has 0 aliphatic rings. The topological polar surface area (TPSA) is 49.7 Å². The molecule has 0 aliphatic heterocycles. The van der Waals surface area contributed by atoms with Gasteiger partial charge in [-0.1, -0.05) is 70.4 Å². The average Bonchev–Trinajstić information content (AvgIpc) is 2.58. The number of benzene rings is 1. The Bertz CT molecular complexity index is 418. The van der Waals surface area contributed by atoms with Gasteiger partial charge in [-0.25, -0.2) is 0 Å². The lowest BCUT2D eigenvalue weighted by Crippen LogP contribution is -1.97. The average molecular weight is 337 g/mol. The number of phenolic OH excluding ortho intramolecular Hbond substituents is 2. The Labute approximate surface area is 148 Å². The van der Waals surface area contributed by atoms with Crippen molar-refractivity contribution in [2.24, 2.45) is 0 Å². The number of hydrogen-bond acceptors (Lipinski definition) is 3. The molecule has 0 aromatic heterocycles. The summed E-state index contributed by atoms with van der Waals surface area (Å²) in [6, 6.07) is 5.16. The van der Waals surface area contributed by atoms with Crippen molar-refractivity contribution in [1.29, 1.82) is 0 Å². The van der Waals surface area contributed by atoms with E-state index in [1.54, 1.807) is 6.07 Å². The number of phenols is 2. The van der Waals surface area contributed by atoms with Gasteiger partial charge in [-0.3, -0.25) is 0 Å². The molecule has 0 spiro atoms. The van der Waals surface area contributed by atoms with E-state index in [4.69, 9.17) is 4.74 Å². The van der Waals surface area contributed by atoms with E-state index in [1.165, 1.54) is 57.4 Å². The minimum atomic E-state index is -0.0267. The first-order valence-electron chi connectivity index (χ1n) is 9.83. The summed E-state index contributed by atoms with van der Waals surface area (Å²) >= 11 is 0. The monoisotopic (exact) mass is 336 g/mol. The van der Waals surface area contributed by atoms with Gasteiger partial charge < -0.3 is 14.9 Å². The van der Waals surface area contributed by atoms with Gasteiger partial charge in [0.15, 0.2) is 11.5 Å². The highest BCUT2D eigenvalue weighted by Gasteiger charge is 2.04. The highest BCUT2D eigenvalue weighted by atomic mass is 16.5. The van der Waals surface area contributed by atoms with Crippen LogP contribution >= 0.6 is 0 Å². The van der Waals surface area contributed by atoms with Gasteiger partial charge in [0.2, 0.25) is 0 Å². The fourth-order valence-corrected chi connectivity index (χ4v) is 2.92. The van der Waals surface area contributed by atoms with Gasteiger partial charge in [0.1, 0.15) is 0 Å². The molecule has 0 unspecified atom stereocenters. The van der Waals surface area contributed by atoms with E-state index in [1.807, 2.05) is 6.07 Å². The summed E-state index contributed by atoms with van der Waals surface area (Å²) in [5.74, 6) is 0.00430. The summed E-state index contributed by atoms with van der Waals surface area (Å²) in [7, 11) is 0. The van der Waals surface area contributed by atoms with Crippen molar-refractivity contribution in [3.05, 3.63) is 23.8 Å². The Balaban J connectivity index is 1.85. The minimum Gasteiger partial charge on any atom is -0.504 e. The lowest BCUT2D eigenvalue weighted by Gasteiger charge is -2.07. The van der Waals surface area contributed by atoms with Crippen LogP contribution in [0.4, 0.5) is 0 Å². The van der Waals surface area contributed by atoms with Crippen LogP contribution in [0.1, 0.15) is 83.1 Å². The summed E-state index contributed by atoms with van der Waals surface area (Å²) in [5, 5.41) is 19.2. The van der Waals surface area contributed by atoms with Crippen LogP contribution in [0.3, 0.4) is 0 Å². The maximum atomic E-state index is 9.73. The summed E-state index contributed by atoms with van der Waals surface area (Å²) in [5.41, 5.74) is 0.829. The molecule has 24 heavy (non-hydrogen) atoms. The molecule has 3 heteroatoms. The molecule has 138 valence electrons. The van der Waals surface area contributed by atoms with E-state index in [0.717, 1.165) is 44.5 Å². The van der Waals surface area contributed by atoms with Crippen molar-refractivity contribution < 1.29 is 14.9 Å². The highest BCUT2D eigenvalue weighted by Crippen LogP contribution is 2.29. The number of hydrogen-bond donors (Lipinski definition) is 2. The third kappa shape index (κ3) is 9.82. The van der Waals surface area contributed by atoms with Crippen LogP contribution in [0.2, 0.25) is 0 Å². The van der Waals surface area contributed by atoms with E-state index >= 15 is 0 Å². The first-order valence-corrected chi connectivity index (χ1v) is 9.83. The number of ether oxygens (including phenoxy) is 1. The van der Waals surface area contributed by atoms with Gasteiger partial charge >= 0.3 is 0 Å². The lowest BCUT2D eigenvalue weighted by molar-refractivity contribution is 0.126. The van der Waals surface area contributed by atoms with Gasteiger partial charge in [-0.05, 0) is 37.3 Å². The van der Waals surface area contributed by atoms with Crippen molar-refractivity contribution in [2.75, 3.05) is 13.2 Å². The van der Waals surface area contributed by atoms with E-state index in [-0.39, 0.29) is 11.5 Å². The largest absolute Gasteiger partial charge is 0.504 e. The molecule has 0 fully saturated rings. The van der Waals surface area contributed by atoms with Crippen molar-refractivity contribution >= 4 is 0 Å². The zero-order valence-electron chi connectivity index (χ0n) is 15.4. The standard InChI is InChI=1S/C21H36O3/c1-2-3-4-5-6-7-8-11-17-24-18-12-9-10-14-19-15-13-16-20(22)21(19)23/h13,15-16,22-23H,2-12,14,17-18H2,1H3. The first kappa shape index (κ1) is 20.8. The number of aryl methyl sites for hydroxylation is 1. The molecule has 0 saturated heterocycles. The number of unbranched alkanes of at least 4 members (excludes halogenated alkanes) is 9. The highest BCUT2D eigenvalue weighted by molar-refractivity contribution is 5.44. The van der Waals surface area contributed by atoms with Crippen LogP contribution < -0.4 is 0 Å². The Morgan fingerprint density at radius 3 is 2.00 bits per heavy atom. The second-order valence-corrected chi connectivity index (χ2v) is 6.68. The quantitative estimate of drug-likeness (QED) is 0.306. The van der Waals surface area contributed by atoms with Crippen molar-refractivity contribution in [3.63, 3.8) is 0 Å². The van der Waals surface area contributed by atoms with Crippen molar-refractivity contribution in [1.82, 2.24) is 0 Å². The van der Waals surface area contributed by atoms with Crippen molar-refractivity contribution in [2.45, 2.75) is 84.0 Å². The predicted octanol–water partition coefficient (Wildman–Crippen LogP) is 5.97. The lowest BCUT2D eigenvalue weighted by atomic mass is 10.1. The molecule has 3 nitrogen and oxygen atoms in total. The summed E-state index contributed by atoms with van der Waals surface area (Å²) in [6.45, 7) is 3.98. The van der Waals surface area contributed by atoms with Gasteiger partial charge in [0, 0.05) is 13.2 Å². The second kappa shape index (κ2) is 14.2. The fourth-order valence-electron chi connectivity index (χ4n) is 2.92. The van der Waals surface area contributed by atoms with Crippen LogP contribution in [-0.2, 0) is 11.2 Å². The van der Waals surface area contributed by atoms with Gasteiger partial charge in [-0.15, -0.1) is 0 Å². The van der Waals surface area contributed by atoms with E-state index < -0.39 is 0 Å². The summed E-state index contributed by atoms with van der Waals surface area (Å²) in [6.07, 6.45) is 14.7. The van der Waals surface area contributed by atoms with E-state index in [9.17, 15) is 10.2 Å². The molecule has 0 bridgehead atoms. The predicted molar refractivity (Wildman–Crippen MR) is 101 cm³/mol. The number of rotatable bonds is 15. The Morgan fingerprint density at radius 2 is 1.33 bits per heavy atom. The van der Waals surface area contributed by atoms with Crippen LogP contribution in [0, 0.1) is 0 Å². The normalized spacial score (nSPS) is 11.0. The number of aromatic hydroxyl groups is 2. The molecule has 0 aliphatic carbocycles. The van der Waals surface area contributed by atoms with Crippen LogP contribution in [-0.4, -0.2) is 23.4 Å². The first-order chi connectivity index (χ1) is 11.8. The van der Waals surface area contributed by atoms with Crippen LogP contribution in [0.25, 0.3) is 0 Å². The molecular formula is C21H36O3. The van der Waals surface area contributed by atoms with Gasteiger partial charge in [0.05, 0.1) is 0 Å². The molecule has 0 atom stereocenters. The van der Waals surface area contributed by atoms with Crippen LogP contribution in [0.5, 0.6) is 11.5 Å². The maximum Gasteiger partial charge on any atom is 0.160 e. The molecule has 1 rings (SSSR count). The maximum absolute atomic E-state index is 9.73. The van der Waals surface area contributed by atoms with E-state index in [0.29, 0.717) is 0 Å². The molecular weight excluding hydrogens is 300 g/mol. The Hall–Kier alpha value is -1.22. The summed E-state index contributed by atoms with van der Waals surface area (Å²) < 4.78 is 5.68. The van der Waals surface area contributed by atoms with Gasteiger partial charge in [-0.2, -0.15) is 0 Å². The Kier molecular flexibility index (Phi) is 12.3. The molecule has 0 radical (unpaired) electrons. The third-order valence-electron chi connectivity index (χ3n) is 4.48. The fraction of sp³-hybridized carbons (Fsp3) is 0.714. The molecule has 0 amide bonds. The Morgan fingerprint density at radius 1 is 0.750 bits per heavy atom. The molecule has 0 heterocycles. The smallest absolute Gasteiger partial charge is 0.160 e. The molecule has 2 N–H and O–H groups in total. The van der Waals surface area contributed by atoms with E-state index in [2.05, 4.69) is 6.92 Å². The molecule has 0 saturated carbocycles. The zero-order chi connectivity index (χ0) is 17.5. The molecule has 1 aromatic carbocycles. The summed E-state index contributed by atoms with van der Waals surface area (Å²) in [4.78, 5) is 0. The van der Waals surface area contributed by atoms with Crippen molar-refractivity contribution in [3.8, 4) is 11.5 Å². The number of para-hydroxylation sites is 1.